The topological polar surface area (TPSA) is 38.3 Å². The Balaban J connectivity index is 3.68. The summed E-state index contributed by atoms with van der Waals surface area (Å²) in [4.78, 5) is 10.9. The van der Waals surface area contributed by atoms with Crippen molar-refractivity contribution in [1.82, 2.24) is 5.32 Å². The number of rotatable bonds is 2. The van der Waals surface area contributed by atoms with Gasteiger partial charge in [0.25, 0.3) is 0 Å². The van der Waals surface area contributed by atoms with Crippen LogP contribution in [0.25, 0.3) is 0 Å². The predicted molar refractivity (Wildman–Crippen MR) is 48.8 cm³/mol. The summed E-state index contributed by atoms with van der Waals surface area (Å²) in [7, 11) is 0. The third-order valence-corrected chi connectivity index (χ3v) is 0.954. The molecular formula is C9H17NO2. The first-order valence-corrected chi connectivity index (χ1v) is 4.10. The maximum atomic E-state index is 10.9. The lowest BCUT2D eigenvalue weighted by molar-refractivity contribution is 0.0552. The Hall–Kier alpha value is -0.990. The van der Waals surface area contributed by atoms with E-state index in [-0.39, 0.29) is 0 Å². The fourth-order valence-corrected chi connectivity index (χ4v) is 0.552. The number of carbonyl (C=O) groups excluding carboxylic acids is 1. The van der Waals surface area contributed by atoms with E-state index >= 15 is 0 Å². The summed E-state index contributed by atoms with van der Waals surface area (Å²) in [6.07, 6.45) is 3.93. The van der Waals surface area contributed by atoms with Gasteiger partial charge < -0.3 is 4.74 Å². The minimum Gasteiger partial charge on any atom is -0.444 e. The number of hydrogen-bond acceptors (Lipinski definition) is 2. The third kappa shape index (κ3) is 7.12. The summed E-state index contributed by atoms with van der Waals surface area (Å²) < 4.78 is 4.98. The monoisotopic (exact) mass is 171 g/mol. The largest absolute Gasteiger partial charge is 0.444 e. The molecule has 0 aliphatic rings. The summed E-state index contributed by atoms with van der Waals surface area (Å²) >= 11 is 0. The molecule has 0 atom stereocenters. The molecule has 0 radical (unpaired) electrons. The van der Waals surface area contributed by atoms with Crippen molar-refractivity contribution >= 4 is 6.09 Å². The number of nitrogens with one attached hydrogen (secondary N) is 1. The highest BCUT2D eigenvalue weighted by atomic mass is 16.6. The van der Waals surface area contributed by atoms with Gasteiger partial charge in [-0.15, -0.1) is 0 Å². The quantitative estimate of drug-likeness (QED) is 0.693. The molecule has 12 heavy (non-hydrogen) atoms. The second-order valence-corrected chi connectivity index (χ2v) is 3.46. The zero-order valence-electron chi connectivity index (χ0n) is 8.18. The normalized spacial score (nSPS) is 11.7. The average Bonchev–Trinajstić information content (AvgIpc) is 1.84. The number of allylic oxidation sites excluding steroid dienone is 1. The first-order chi connectivity index (χ1) is 5.45. The van der Waals surface area contributed by atoms with E-state index in [1.54, 1.807) is 6.20 Å². The maximum absolute atomic E-state index is 10.9. The molecule has 0 saturated carbocycles. The second-order valence-electron chi connectivity index (χ2n) is 3.46. The van der Waals surface area contributed by atoms with Gasteiger partial charge in [-0.1, -0.05) is 13.0 Å². The molecular weight excluding hydrogens is 154 g/mol. The van der Waals surface area contributed by atoms with Gasteiger partial charge >= 0.3 is 6.09 Å². The number of ether oxygens (including phenoxy) is 1. The van der Waals surface area contributed by atoms with Crippen LogP contribution < -0.4 is 5.32 Å². The minimum atomic E-state index is -0.426. The van der Waals surface area contributed by atoms with E-state index in [2.05, 4.69) is 5.32 Å². The highest BCUT2D eigenvalue weighted by Gasteiger charge is 2.14. The lowest BCUT2D eigenvalue weighted by atomic mass is 10.2. The fraction of sp³-hybridized carbons (Fsp3) is 0.667. The number of alkyl carbamates (subject to hydrolysis) is 1. The molecule has 70 valence electrons. The summed E-state index contributed by atoms with van der Waals surface area (Å²) in [5.74, 6) is 0. The van der Waals surface area contributed by atoms with Crippen LogP contribution in [0, 0.1) is 0 Å². The van der Waals surface area contributed by atoms with Crippen LogP contribution in [0.5, 0.6) is 0 Å². The molecule has 0 aliphatic heterocycles. The van der Waals surface area contributed by atoms with Crippen LogP contribution in [0.4, 0.5) is 4.79 Å². The summed E-state index contributed by atoms with van der Waals surface area (Å²) in [5.41, 5.74) is -0.426. The molecule has 0 saturated heterocycles. The molecule has 3 nitrogen and oxygen atoms in total. The van der Waals surface area contributed by atoms with Gasteiger partial charge in [-0.2, -0.15) is 0 Å². The third-order valence-electron chi connectivity index (χ3n) is 0.954. The number of hydrogen-bond donors (Lipinski definition) is 1. The van der Waals surface area contributed by atoms with Crippen LogP contribution in [0.2, 0.25) is 0 Å². The SMILES string of the molecule is CC/C=C\NC(=O)OC(C)(C)C. The van der Waals surface area contributed by atoms with E-state index in [0.717, 1.165) is 6.42 Å². The molecule has 3 heteroatoms. The lowest BCUT2D eigenvalue weighted by Crippen LogP contribution is -2.29. The minimum absolute atomic E-state index is 0.410. The van der Waals surface area contributed by atoms with Gasteiger partial charge in [0.1, 0.15) is 5.60 Å². The Morgan fingerprint density at radius 1 is 1.50 bits per heavy atom. The molecule has 0 unspecified atom stereocenters. The molecule has 0 heterocycles. The molecule has 0 aromatic heterocycles. The van der Waals surface area contributed by atoms with E-state index in [1.165, 1.54) is 0 Å². The van der Waals surface area contributed by atoms with Gasteiger partial charge in [0.15, 0.2) is 0 Å². The Kier molecular flexibility index (Phi) is 4.40. The highest BCUT2D eigenvalue weighted by molar-refractivity contribution is 5.68. The van der Waals surface area contributed by atoms with Gasteiger partial charge in [0.2, 0.25) is 0 Å². The molecule has 1 amide bonds. The van der Waals surface area contributed by atoms with Crippen molar-refractivity contribution in [3.8, 4) is 0 Å². The van der Waals surface area contributed by atoms with Crippen molar-refractivity contribution in [3.63, 3.8) is 0 Å². The van der Waals surface area contributed by atoms with Gasteiger partial charge in [-0.25, -0.2) is 4.79 Å². The van der Waals surface area contributed by atoms with Crippen molar-refractivity contribution in [1.29, 1.82) is 0 Å². The predicted octanol–water partition coefficient (Wildman–Crippen LogP) is 2.43. The van der Waals surface area contributed by atoms with Gasteiger partial charge in [-0.3, -0.25) is 5.32 Å². The molecule has 0 rings (SSSR count). The molecule has 0 aromatic carbocycles. The molecule has 0 aromatic rings. The van der Waals surface area contributed by atoms with Crippen molar-refractivity contribution in [2.45, 2.75) is 39.7 Å². The van der Waals surface area contributed by atoms with Crippen LogP contribution in [-0.4, -0.2) is 11.7 Å². The van der Waals surface area contributed by atoms with Crippen LogP contribution in [-0.2, 0) is 4.74 Å². The summed E-state index contributed by atoms with van der Waals surface area (Å²) in [6.45, 7) is 7.48. The zero-order chi connectivity index (χ0) is 9.61. The fourth-order valence-electron chi connectivity index (χ4n) is 0.552. The Bertz CT molecular complexity index is 168. The lowest BCUT2D eigenvalue weighted by Gasteiger charge is -2.18. The number of carbonyl (C=O) groups is 1. The molecule has 1 N–H and O–H groups in total. The Labute approximate surface area is 73.8 Å². The molecule has 0 fully saturated rings. The van der Waals surface area contributed by atoms with E-state index < -0.39 is 11.7 Å². The van der Waals surface area contributed by atoms with Crippen molar-refractivity contribution in [2.75, 3.05) is 0 Å². The highest BCUT2D eigenvalue weighted by Crippen LogP contribution is 2.06. The van der Waals surface area contributed by atoms with Gasteiger partial charge in [-0.05, 0) is 27.2 Å². The molecule has 0 aliphatic carbocycles. The standard InChI is InChI=1S/C9H17NO2/c1-5-6-7-10-8(11)12-9(2,3)4/h6-7H,5H2,1-4H3,(H,10,11)/b7-6-. The van der Waals surface area contributed by atoms with E-state index in [9.17, 15) is 4.79 Å². The van der Waals surface area contributed by atoms with Gasteiger partial charge in [0, 0.05) is 6.20 Å². The van der Waals surface area contributed by atoms with Crippen LogP contribution in [0.15, 0.2) is 12.3 Å². The first kappa shape index (κ1) is 11.0. The van der Waals surface area contributed by atoms with E-state index in [0.29, 0.717) is 0 Å². The smallest absolute Gasteiger partial charge is 0.411 e. The molecule has 0 bridgehead atoms. The van der Waals surface area contributed by atoms with Crippen molar-refractivity contribution < 1.29 is 9.53 Å². The maximum Gasteiger partial charge on any atom is 0.411 e. The Morgan fingerprint density at radius 3 is 2.50 bits per heavy atom. The van der Waals surface area contributed by atoms with Crippen LogP contribution in [0.3, 0.4) is 0 Å². The second kappa shape index (κ2) is 4.80. The van der Waals surface area contributed by atoms with E-state index in [4.69, 9.17) is 4.74 Å². The van der Waals surface area contributed by atoms with E-state index in [1.807, 2.05) is 33.8 Å². The summed E-state index contributed by atoms with van der Waals surface area (Å²) in [5, 5.41) is 2.50. The number of amides is 1. The van der Waals surface area contributed by atoms with Crippen LogP contribution in [0.1, 0.15) is 34.1 Å². The Morgan fingerprint density at radius 2 is 2.08 bits per heavy atom. The average molecular weight is 171 g/mol. The van der Waals surface area contributed by atoms with Crippen molar-refractivity contribution in [2.24, 2.45) is 0 Å². The van der Waals surface area contributed by atoms with Crippen LogP contribution >= 0.6 is 0 Å². The molecule has 0 spiro atoms. The van der Waals surface area contributed by atoms with Gasteiger partial charge in [0.05, 0.1) is 0 Å². The summed E-state index contributed by atoms with van der Waals surface area (Å²) in [6, 6.07) is 0. The first-order valence-electron chi connectivity index (χ1n) is 4.10. The van der Waals surface area contributed by atoms with Crippen molar-refractivity contribution in [3.05, 3.63) is 12.3 Å². The zero-order valence-corrected chi connectivity index (χ0v) is 8.18.